The van der Waals surface area contributed by atoms with Crippen molar-refractivity contribution in [3.05, 3.63) is 51.0 Å². The number of hydrogen-bond acceptors (Lipinski definition) is 6. The van der Waals surface area contributed by atoms with Crippen LogP contribution in [0, 0.1) is 0 Å². The summed E-state index contributed by atoms with van der Waals surface area (Å²) < 4.78 is 2.80. The Labute approximate surface area is 174 Å². The molecule has 3 heterocycles. The molecule has 0 bridgehead atoms. The minimum atomic E-state index is -0.232. The molecule has 0 unspecified atom stereocenters. The molecule has 0 spiro atoms. The molecule has 28 heavy (non-hydrogen) atoms. The van der Waals surface area contributed by atoms with Gasteiger partial charge in [-0.15, -0.1) is 0 Å². The average molecular weight is 462 g/mol. The molecule has 1 aliphatic heterocycles. The van der Waals surface area contributed by atoms with E-state index in [9.17, 15) is 9.59 Å². The Morgan fingerprint density at radius 1 is 1.25 bits per heavy atom. The Kier molecular flexibility index (Phi) is 5.72. The molecule has 3 aromatic rings. The van der Waals surface area contributed by atoms with Crippen LogP contribution >= 0.6 is 27.3 Å². The quantitative estimate of drug-likeness (QED) is 0.631. The number of anilines is 1. The van der Waals surface area contributed by atoms with Gasteiger partial charge in [0, 0.05) is 24.1 Å². The van der Waals surface area contributed by atoms with Crippen LogP contribution in [0.4, 0.5) is 5.13 Å². The van der Waals surface area contributed by atoms with Crippen molar-refractivity contribution in [2.45, 2.75) is 32.4 Å². The van der Waals surface area contributed by atoms with Crippen molar-refractivity contribution in [1.82, 2.24) is 19.9 Å². The first-order valence-electron chi connectivity index (χ1n) is 9.22. The Hall–Kier alpha value is -2.26. The molecule has 4 rings (SSSR count). The van der Waals surface area contributed by atoms with Crippen LogP contribution in [-0.2, 0) is 17.9 Å². The SMILES string of the molecule is O=C(Cn1cnc2nc(N3CCCCC3)sc2c1=O)NCc1cccc(Br)c1. The van der Waals surface area contributed by atoms with E-state index in [0.29, 0.717) is 16.9 Å². The number of carbonyl (C=O) groups is 1. The van der Waals surface area contributed by atoms with E-state index < -0.39 is 0 Å². The number of amides is 1. The van der Waals surface area contributed by atoms with E-state index in [0.717, 1.165) is 41.1 Å². The molecule has 146 valence electrons. The van der Waals surface area contributed by atoms with Crippen molar-refractivity contribution >= 4 is 48.7 Å². The molecular weight excluding hydrogens is 442 g/mol. The molecule has 1 amide bonds. The van der Waals surface area contributed by atoms with Gasteiger partial charge in [-0.2, -0.15) is 4.98 Å². The fourth-order valence-electron chi connectivity index (χ4n) is 3.23. The average Bonchev–Trinajstić information content (AvgIpc) is 3.15. The Morgan fingerprint density at radius 3 is 2.86 bits per heavy atom. The van der Waals surface area contributed by atoms with Gasteiger partial charge in [-0.3, -0.25) is 14.2 Å². The number of halogens is 1. The Balaban J connectivity index is 1.46. The summed E-state index contributed by atoms with van der Waals surface area (Å²) >= 11 is 4.78. The number of benzene rings is 1. The van der Waals surface area contributed by atoms with Crippen molar-refractivity contribution in [2.75, 3.05) is 18.0 Å². The summed E-state index contributed by atoms with van der Waals surface area (Å²) in [7, 11) is 0. The first-order chi connectivity index (χ1) is 13.6. The number of hydrogen-bond donors (Lipinski definition) is 1. The summed E-state index contributed by atoms with van der Waals surface area (Å²) in [6, 6.07) is 7.72. The lowest BCUT2D eigenvalue weighted by molar-refractivity contribution is -0.121. The highest BCUT2D eigenvalue weighted by molar-refractivity contribution is 9.10. The highest BCUT2D eigenvalue weighted by Gasteiger charge is 2.18. The lowest BCUT2D eigenvalue weighted by Crippen LogP contribution is -2.31. The molecule has 7 nitrogen and oxygen atoms in total. The lowest BCUT2D eigenvalue weighted by atomic mass is 10.1. The molecule has 1 saturated heterocycles. The van der Waals surface area contributed by atoms with E-state index in [1.165, 1.54) is 28.7 Å². The molecule has 1 fully saturated rings. The molecule has 0 aliphatic carbocycles. The highest BCUT2D eigenvalue weighted by Crippen LogP contribution is 2.27. The van der Waals surface area contributed by atoms with E-state index in [-0.39, 0.29) is 18.0 Å². The van der Waals surface area contributed by atoms with Gasteiger partial charge in [0.2, 0.25) is 5.91 Å². The van der Waals surface area contributed by atoms with Gasteiger partial charge in [0.05, 0.1) is 0 Å². The second kappa shape index (κ2) is 8.40. The van der Waals surface area contributed by atoms with Crippen LogP contribution < -0.4 is 15.8 Å². The minimum absolute atomic E-state index is 0.0628. The van der Waals surface area contributed by atoms with Crippen LogP contribution in [0.1, 0.15) is 24.8 Å². The smallest absolute Gasteiger partial charge is 0.273 e. The van der Waals surface area contributed by atoms with E-state index in [1.54, 1.807) is 0 Å². The predicted octanol–water partition coefficient (Wildman–Crippen LogP) is 2.92. The summed E-state index contributed by atoms with van der Waals surface area (Å²) in [4.78, 5) is 36.1. The number of fused-ring (bicyclic) bond motifs is 1. The number of aromatic nitrogens is 3. The third kappa shape index (κ3) is 4.25. The first kappa shape index (κ1) is 19.1. The largest absolute Gasteiger partial charge is 0.350 e. The number of thiazole rings is 1. The second-order valence-electron chi connectivity index (χ2n) is 6.78. The molecule has 0 saturated carbocycles. The maximum Gasteiger partial charge on any atom is 0.273 e. The zero-order chi connectivity index (χ0) is 19.5. The molecule has 1 N–H and O–H groups in total. The van der Waals surface area contributed by atoms with Crippen LogP contribution in [0.5, 0.6) is 0 Å². The van der Waals surface area contributed by atoms with Gasteiger partial charge in [-0.25, -0.2) is 4.98 Å². The van der Waals surface area contributed by atoms with Crippen LogP contribution in [0.15, 0.2) is 39.9 Å². The van der Waals surface area contributed by atoms with Crippen LogP contribution in [0.3, 0.4) is 0 Å². The van der Waals surface area contributed by atoms with E-state index >= 15 is 0 Å². The molecule has 2 aromatic heterocycles. The van der Waals surface area contributed by atoms with Gasteiger partial charge in [-0.05, 0) is 37.0 Å². The summed E-state index contributed by atoms with van der Waals surface area (Å²) in [6.07, 6.45) is 4.93. The van der Waals surface area contributed by atoms with Crippen molar-refractivity contribution in [3.8, 4) is 0 Å². The standard InChI is InChI=1S/C19H20BrN5O2S/c20-14-6-4-5-13(9-14)10-21-15(26)11-25-12-22-17-16(18(25)27)28-19(23-17)24-7-2-1-3-8-24/h4-6,9,12H,1-3,7-8,10-11H2,(H,21,26). The van der Waals surface area contributed by atoms with Crippen molar-refractivity contribution < 1.29 is 4.79 Å². The van der Waals surface area contributed by atoms with Crippen molar-refractivity contribution in [2.24, 2.45) is 0 Å². The van der Waals surface area contributed by atoms with E-state index in [1.807, 2.05) is 24.3 Å². The monoisotopic (exact) mass is 461 g/mol. The second-order valence-corrected chi connectivity index (χ2v) is 8.67. The zero-order valence-corrected chi connectivity index (χ0v) is 17.6. The van der Waals surface area contributed by atoms with Crippen molar-refractivity contribution in [3.63, 3.8) is 0 Å². The molecule has 0 atom stereocenters. The summed E-state index contributed by atoms with van der Waals surface area (Å²) in [5, 5.41) is 3.68. The molecule has 1 aromatic carbocycles. The molecule has 0 radical (unpaired) electrons. The highest BCUT2D eigenvalue weighted by atomic mass is 79.9. The van der Waals surface area contributed by atoms with Crippen LogP contribution in [0.2, 0.25) is 0 Å². The normalized spacial score (nSPS) is 14.4. The van der Waals surface area contributed by atoms with Gasteiger partial charge in [0.25, 0.3) is 5.56 Å². The fraction of sp³-hybridized carbons (Fsp3) is 0.368. The van der Waals surface area contributed by atoms with Crippen molar-refractivity contribution in [1.29, 1.82) is 0 Å². The maximum absolute atomic E-state index is 12.8. The summed E-state index contributed by atoms with van der Waals surface area (Å²) in [5.41, 5.74) is 1.22. The van der Waals surface area contributed by atoms with Gasteiger partial charge < -0.3 is 10.2 Å². The molecule has 1 aliphatic rings. The summed E-state index contributed by atoms with van der Waals surface area (Å²) in [6.45, 7) is 2.27. The summed E-state index contributed by atoms with van der Waals surface area (Å²) in [5.74, 6) is -0.232. The number of rotatable bonds is 5. The number of nitrogens with zero attached hydrogens (tertiary/aromatic N) is 4. The third-order valence-corrected chi connectivity index (χ3v) is 6.28. The number of nitrogens with one attached hydrogen (secondary N) is 1. The van der Waals surface area contributed by atoms with Crippen LogP contribution in [0.25, 0.3) is 10.3 Å². The van der Waals surface area contributed by atoms with Crippen LogP contribution in [-0.4, -0.2) is 33.5 Å². The predicted molar refractivity (Wildman–Crippen MR) is 114 cm³/mol. The Morgan fingerprint density at radius 2 is 2.07 bits per heavy atom. The van der Waals surface area contributed by atoms with E-state index in [2.05, 4.69) is 36.1 Å². The zero-order valence-electron chi connectivity index (χ0n) is 15.2. The van der Waals surface area contributed by atoms with Gasteiger partial charge in [0.15, 0.2) is 10.8 Å². The number of piperidine rings is 1. The molecular formula is C19H20BrN5O2S. The Bertz CT molecular complexity index is 1060. The topological polar surface area (TPSA) is 80.1 Å². The maximum atomic E-state index is 12.8. The number of carbonyl (C=O) groups excluding carboxylic acids is 1. The van der Waals surface area contributed by atoms with Gasteiger partial charge in [0.1, 0.15) is 17.6 Å². The lowest BCUT2D eigenvalue weighted by Gasteiger charge is -2.25. The van der Waals surface area contributed by atoms with Gasteiger partial charge >= 0.3 is 0 Å². The minimum Gasteiger partial charge on any atom is -0.350 e. The van der Waals surface area contributed by atoms with E-state index in [4.69, 9.17) is 0 Å². The first-order valence-corrected chi connectivity index (χ1v) is 10.8. The van der Waals surface area contributed by atoms with Gasteiger partial charge in [-0.1, -0.05) is 39.4 Å². The molecule has 9 heteroatoms. The third-order valence-electron chi connectivity index (χ3n) is 4.69. The fourth-order valence-corrected chi connectivity index (χ4v) is 4.69.